The van der Waals surface area contributed by atoms with Crippen LogP contribution in [-0.2, 0) is 11.3 Å². The Bertz CT molecular complexity index is 867. The summed E-state index contributed by atoms with van der Waals surface area (Å²) in [5.74, 6) is 2.20. The number of aliphatic imine (C=N–C) groups is 1. The maximum absolute atomic E-state index is 5.66. The Morgan fingerprint density at radius 2 is 1.75 bits per heavy atom. The maximum atomic E-state index is 5.66. The Kier molecular flexibility index (Phi) is 8.76. The molecule has 7 heteroatoms. The number of benzene rings is 2. The minimum Gasteiger partial charge on any atom is -0.493 e. The molecule has 174 valence electrons. The van der Waals surface area contributed by atoms with E-state index in [0.29, 0.717) is 6.54 Å². The summed E-state index contributed by atoms with van der Waals surface area (Å²) in [7, 11) is 5.08. The first kappa shape index (κ1) is 23.9. The first-order valence-corrected chi connectivity index (χ1v) is 11.1. The van der Waals surface area contributed by atoms with E-state index in [4.69, 9.17) is 14.2 Å². The molecule has 2 aromatic carbocycles. The van der Waals surface area contributed by atoms with Crippen LogP contribution in [0.1, 0.15) is 36.9 Å². The summed E-state index contributed by atoms with van der Waals surface area (Å²) in [6.07, 6.45) is 1.90. The lowest BCUT2D eigenvalue weighted by Crippen LogP contribution is -2.58. The minimum atomic E-state index is -0.0611. The van der Waals surface area contributed by atoms with Crippen LogP contribution in [0, 0.1) is 0 Å². The monoisotopic (exact) mass is 440 g/mol. The lowest BCUT2D eigenvalue weighted by molar-refractivity contribution is 0.0355. The summed E-state index contributed by atoms with van der Waals surface area (Å²) in [4.78, 5) is 4.41. The van der Waals surface area contributed by atoms with Crippen LogP contribution in [-0.4, -0.2) is 52.5 Å². The zero-order chi connectivity index (χ0) is 22.8. The van der Waals surface area contributed by atoms with Crippen LogP contribution in [0.25, 0.3) is 0 Å². The molecule has 0 saturated carbocycles. The first-order valence-electron chi connectivity index (χ1n) is 11.1. The van der Waals surface area contributed by atoms with Gasteiger partial charge in [0, 0.05) is 44.9 Å². The average Bonchev–Trinajstić information content (AvgIpc) is 2.85. The molecule has 3 rings (SSSR count). The molecule has 2 aromatic rings. The Balaban J connectivity index is 1.60. The van der Waals surface area contributed by atoms with Gasteiger partial charge in [0.1, 0.15) is 0 Å². The molecule has 0 amide bonds. The van der Waals surface area contributed by atoms with Gasteiger partial charge in [-0.05, 0) is 43.0 Å². The smallest absolute Gasteiger partial charge is 0.191 e. The van der Waals surface area contributed by atoms with E-state index in [1.165, 1.54) is 5.56 Å². The molecule has 32 heavy (non-hydrogen) atoms. The molecule has 1 heterocycles. The largest absolute Gasteiger partial charge is 0.493 e. The highest BCUT2D eigenvalue weighted by Gasteiger charge is 2.34. The Morgan fingerprint density at radius 3 is 2.41 bits per heavy atom. The number of rotatable bonds is 9. The lowest BCUT2D eigenvalue weighted by Gasteiger charge is -2.41. The first-order chi connectivity index (χ1) is 15.6. The van der Waals surface area contributed by atoms with Gasteiger partial charge in [-0.2, -0.15) is 0 Å². The number of hydrogen-bond donors (Lipinski definition) is 3. The minimum absolute atomic E-state index is 0.0611. The molecule has 1 unspecified atom stereocenters. The van der Waals surface area contributed by atoms with Crippen molar-refractivity contribution in [1.29, 1.82) is 0 Å². The van der Waals surface area contributed by atoms with E-state index in [-0.39, 0.29) is 11.6 Å². The topological polar surface area (TPSA) is 76.1 Å². The standard InChI is InChI=1S/C25H36N4O3/c1-19(21-8-6-5-7-9-21)29-25(12-14-32-15-13-25)18-28-24(26-2)27-17-20-10-11-22(30-3)23(16-20)31-4/h5-11,16,19,29H,12-15,17-18H2,1-4H3,(H2,26,27,28). The van der Waals surface area contributed by atoms with E-state index in [9.17, 15) is 0 Å². The Morgan fingerprint density at radius 1 is 1.03 bits per heavy atom. The normalized spacial score (nSPS) is 16.8. The summed E-state index contributed by atoms with van der Waals surface area (Å²) in [6, 6.07) is 16.7. The van der Waals surface area contributed by atoms with Crippen molar-refractivity contribution in [2.45, 2.75) is 37.9 Å². The third-order valence-corrected chi connectivity index (χ3v) is 6.00. The number of hydrogen-bond acceptors (Lipinski definition) is 5. The summed E-state index contributed by atoms with van der Waals surface area (Å²) in [5.41, 5.74) is 2.31. The third-order valence-electron chi connectivity index (χ3n) is 6.00. The fraction of sp³-hybridized carbons (Fsp3) is 0.480. The van der Waals surface area contributed by atoms with Crippen LogP contribution in [0.5, 0.6) is 11.5 Å². The van der Waals surface area contributed by atoms with Crippen LogP contribution in [0.2, 0.25) is 0 Å². The predicted molar refractivity (Wildman–Crippen MR) is 129 cm³/mol. The van der Waals surface area contributed by atoms with E-state index in [1.54, 1.807) is 21.3 Å². The highest BCUT2D eigenvalue weighted by molar-refractivity contribution is 5.79. The van der Waals surface area contributed by atoms with E-state index in [2.05, 4.69) is 58.2 Å². The van der Waals surface area contributed by atoms with Gasteiger partial charge in [-0.15, -0.1) is 0 Å². The summed E-state index contributed by atoms with van der Waals surface area (Å²) in [6.45, 7) is 5.13. The van der Waals surface area contributed by atoms with Crippen molar-refractivity contribution in [3.05, 3.63) is 59.7 Å². The second-order valence-corrected chi connectivity index (χ2v) is 8.14. The van der Waals surface area contributed by atoms with Crippen LogP contribution in [0.3, 0.4) is 0 Å². The molecule has 1 atom stereocenters. The second-order valence-electron chi connectivity index (χ2n) is 8.14. The lowest BCUT2D eigenvalue weighted by atomic mass is 9.88. The van der Waals surface area contributed by atoms with Crippen molar-refractivity contribution in [2.75, 3.05) is 41.0 Å². The summed E-state index contributed by atoms with van der Waals surface area (Å²) in [5, 5.41) is 10.8. The van der Waals surface area contributed by atoms with Crippen molar-refractivity contribution in [1.82, 2.24) is 16.0 Å². The molecule has 0 bridgehead atoms. The average molecular weight is 441 g/mol. The molecule has 1 saturated heterocycles. The van der Waals surface area contributed by atoms with Crippen molar-refractivity contribution in [3.63, 3.8) is 0 Å². The van der Waals surface area contributed by atoms with Gasteiger partial charge in [0.15, 0.2) is 17.5 Å². The van der Waals surface area contributed by atoms with E-state index in [0.717, 1.165) is 55.6 Å². The molecule has 0 aromatic heterocycles. The molecular weight excluding hydrogens is 404 g/mol. The molecule has 1 aliphatic rings. The predicted octanol–water partition coefficient (Wildman–Crippen LogP) is 3.27. The zero-order valence-corrected chi connectivity index (χ0v) is 19.6. The van der Waals surface area contributed by atoms with E-state index < -0.39 is 0 Å². The quantitative estimate of drug-likeness (QED) is 0.410. The molecule has 0 spiro atoms. The van der Waals surface area contributed by atoms with Crippen LogP contribution < -0.4 is 25.4 Å². The number of ether oxygens (including phenoxy) is 3. The molecule has 1 fully saturated rings. The van der Waals surface area contributed by atoms with E-state index >= 15 is 0 Å². The zero-order valence-electron chi connectivity index (χ0n) is 19.6. The van der Waals surface area contributed by atoms with Gasteiger partial charge in [0.25, 0.3) is 0 Å². The van der Waals surface area contributed by atoms with Crippen molar-refractivity contribution in [3.8, 4) is 11.5 Å². The SMILES string of the molecule is CN=C(NCc1ccc(OC)c(OC)c1)NCC1(NC(C)c2ccccc2)CCOCC1. The molecular formula is C25H36N4O3. The van der Waals surface area contributed by atoms with Gasteiger partial charge >= 0.3 is 0 Å². The van der Waals surface area contributed by atoms with Crippen molar-refractivity contribution in [2.24, 2.45) is 4.99 Å². The molecule has 7 nitrogen and oxygen atoms in total. The number of nitrogens with one attached hydrogen (secondary N) is 3. The van der Waals surface area contributed by atoms with Crippen LogP contribution in [0.4, 0.5) is 0 Å². The van der Waals surface area contributed by atoms with Gasteiger partial charge in [-0.1, -0.05) is 36.4 Å². The second kappa shape index (κ2) is 11.7. The maximum Gasteiger partial charge on any atom is 0.191 e. The highest BCUT2D eigenvalue weighted by Crippen LogP contribution is 2.27. The van der Waals surface area contributed by atoms with Gasteiger partial charge in [-0.25, -0.2) is 0 Å². The summed E-state index contributed by atoms with van der Waals surface area (Å²) >= 11 is 0. The fourth-order valence-electron chi connectivity index (χ4n) is 4.07. The molecule has 0 radical (unpaired) electrons. The number of methoxy groups -OCH3 is 2. The third kappa shape index (κ3) is 6.37. The fourth-order valence-corrected chi connectivity index (χ4v) is 4.07. The van der Waals surface area contributed by atoms with Gasteiger partial charge in [0.2, 0.25) is 0 Å². The number of nitrogens with zero attached hydrogens (tertiary/aromatic N) is 1. The van der Waals surface area contributed by atoms with Crippen LogP contribution in [0.15, 0.2) is 53.5 Å². The number of guanidine groups is 1. The van der Waals surface area contributed by atoms with E-state index in [1.807, 2.05) is 18.2 Å². The molecule has 1 aliphatic heterocycles. The molecule has 3 N–H and O–H groups in total. The summed E-state index contributed by atoms with van der Waals surface area (Å²) < 4.78 is 16.4. The van der Waals surface area contributed by atoms with Gasteiger partial charge in [-0.3, -0.25) is 4.99 Å². The Hall–Kier alpha value is -2.77. The van der Waals surface area contributed by atoms with Crippen LogP contribution >= 0.6 is 0 Å². The highest BCUT2D eigenvalue weighted by atomic mass is 16.5. The Labute approximate surface area is 191 Å². The van der Waals surface area contributed by atoms with Gasteiger partial charge in [0.05, 0.1) is 14.2 Å². The van der Waals surface area contributed by atoms with Gasteiger partial charge < -0.3 is 30.2 Å². The van der Waals surface area contributed by atoms with Crippen molar-refractivity contribution < 1.29 is 14.2 Å². The van der Waals surface area contributed by atoms with Crippen molar-refractivity contribution >= 4 is 5.96 Å². The molecule has 0 aliphatic carbocycles.